The van der Waals surface area contributed by atoms with Crippen molar-refractivity contribution in [1.29, 1.82) is 0 Å². The topological polar surface area (TPSA) is 43.4 Å². The predicted molar refractivity (Wildman–Crippen MR) is 72.2 cm³/mol. The quantitative estimate of drug-likeness (QED) is 0.567. The van der Waals surface area contributed by atoms with E-state index in [0.29, 0.717) is 19.3 Å². The molecule has 2 unspecified atom stereocenters. The van der Waals surface area contributed by atoms with E-state index in [0.717, 1.165) is 19.8 Å². The lowest BCUT2D eigenvalue weighted by molar-refractivity contribution is -0.227. The number of ether oxygens (including phenoxy) is 1. The Morgan fingerprint density at radius 3 is 2.22 bits per heavy atom. The first-order valence-corrected chi connectivity index (χ1v) is 8.09. The van der Waals surface area contributed by atoms with Crippen molar-refractivity contribution in [2.75, 3.05) is 0 Å². The van der Waals surface area contributed by atoms with E-state index in [1.54, 1.807) is 0 Å². The number of ketones is 1. The third kappa shape index (κ3) is 2.76. The molecule has 4 bridgehead atoms. The summed E-state index contributed by atoms with van der Waals surface area (Å²) >= 11 is 0. The van der Waals surface area contributed by atoms with Crippen molar-refractivity contribution in [3.8, 4) is 0 Å². The monoisotopic (exact) mass is 336 g/mol. The third-order valence-electron chi connectivity index (χ3n) is 5.61. The highest BCUT2D eigenvalue weighted by Crippen LogP contribution is 2.55. The number of carbonyl (C=O) groups excluding carboxylic acids is 2. The molecule has 130 valence electrons. The molecule has 0 saturated heterocycles. The van der Waals surface area contributed by atoms with E-state index in [-0.39, 0.29) is 23.5 Å². The summed E-state index contributed by atoms with van der Waals surface area (Å²) in [6, 6.07) is 0. The Hall–Kier alpha value is -1.14. The van der Waals surface area contributed by atoms with Crippen molar-refractivity contribution in [3.63, 3.8) is 0 Å². The molecule has 0 aromatic rings. The molecular weight excluding hydrogens is 316 g/mol. The maximum absolute atomic E-state index is 13.6. The van der Waals surface area contributed by atoms with E-state index in [1.165, 1.54) is 0 Å². The van der Waals surface area contributed by atoms with Crippen molar-refractivity contribution in [2.45, 2.75) is 69.3 Å². The first-order valence-electron chi connectivity index (χ1n) is 8.09. The van der Waals surface area contributed by atoms with Gasteiger partial charge in [0, 0.05) is 18.3 Å². The predicted octanol–water partition coefficient (Wildman–Crippen LogP) is 3.75. The van der Waals surface area contributed by atoms with Gasteiger partial charge in [-0.05, 0) is 38.0 Å². The third-order valence-corrected chi connectivity index (χ3v) is 5.61. The van der Waals surface area contributed by atoms with Gasteiger partial charge in [0.25, 0.3) is 0 Å². The zero-order valence-corrected chi connectivity index (χ0v) is 12.9. The molecule has 4 fully saturated rings. The van der Waals surface area contributed by atoms with Gasteiger partial charge in [-0.1, -0.05) is 6.92 Å². The molecule has 4 aliphatic rings. The lowest BCUT2D eigenvalue weighted by atomic mass is 9.53. The van der Waals surface area contributed by atoms with Crippen LogP contribution in [0.4, 0.5) is 17.6 Å². The smallest absolute Gasteiger partial charge is 0.320 e. The molecule has 2 atom stereocenters. The Morgan fingerprint density at radius 2 is 1.70 bits per heavy atom. The highest BCUT2D eigenvalue weighted by molar-refractivity contribution is 5.86. The van der Waals surface area contributed by atoms with Crippen LogP contribution >= 0.6 is 0 Å². The van der Waals surface area contributed by atoms with Crippen LogP contribution in [0.3, 0.4) is 0 Å². The Kier molecular flexibility index (Phi) is 3.76. The van der Waals surface area contributed by atoms with Crippen LogP contribution in [0.2, 0.25) is 0 Å². The molecule has 0 aromatic carbocycles. The van der Waals surface area contributed by atoms with Gasteiger partial charge in [-0.15, -0.1) is 0 Å². The Labute approximate surface area is 131 Å². The van der Waals surface area contributed by atoms with Crippen LogP contribution in [0.1, 0.15) is 51.9 Å². The molecule has 0 N–H and O–H groups in total. The number of carbonyl (C=O) groups is 2. The second-order valence-corrected chi connectivity index (χ2v) is 7.34. The normalized spacial score (nSPS) is 36.4. The standard InChI is InChI=1S/C16H20F4O3/c1-2-15(17,18)16(19,20)8-12(21)23-14-5-9-3-10(6-14)13(22)11(4-9)7-14/h9-11H,2-8H2,1H3. The number of alkyl halides is 4. The van der Waals surface area contributed by atoms with E-state index in [1.807, 2.05) is 0 Å². The summed E-state index contributed by atoms with van der Waals surface area (Å²) in [5.41, 5.74) is -0.904. The van der Waals surface area contributed by atoms with E-state index in [2.05, 4.69) is 0 Å². The summed E-state index contributed by atoms with van der Waals surface area (Å²) in [4.78, 5) is 23.9. The van der Waals surface area contributed by atoms with Gasteiger partial charge in [0.15, 0.2) is 0 Å². The maximum atomic E-state index is 13.6. The number of Topliss-reactive ketones (excluding diaryl/α,β-unsaturated/α-hetero) is 1. The van der Waals surface area contributed by atoms with E-state index < -0.39 is 36.3 Å². The molecule has 4 aliphatic carbocycles. The minimum Gasteiger partial charge on any atom is -0.459 e. The SMILES string of the molecule is CCC(F)(F)C(F)(F)CC(=O)OC12CC3CC(C1)C(=O)C(C3)C2. The Bertz CT molecular complexity index is 513. The van der Waals surface area contributed by atoms with Gasteiger partial charge in [-0.2, -0.15) is 17.6 Å². The van der Waals surface area contributed by atoms with Gasteiger partial charge in [-0.25, -0.2) is 0 Å². The second-order valence-electron chi connectivity index (χ2n) is 7.34. The summed E-state index contributed by atoms with van der Waals surface area (Å²) in [5.74, 6) is -9.86. The molecular formula is C16H20F4O3. The molecule has 0 heterocycles. The minimum atomic E-state index is -4.42. The van der Waals surface area contributed by atoms with Crippen LogP contribution in [-0.2, 0) is 14.3 Å². The van der Waals surface area contributed by atoms with E-state index >= 15 is 0 Å². The van der Waals surface area contributed by atoms with Crippen molar-refractivity contribution < 1.29 is 31.9 Å². The summed E-state index contributed by atoms with van der Waals surface area (Å²) < 4.78 is 58.9. The molecule has 0 aromatic heterocycles. The van der Waals surface area contributed by atoms with Gasteiger partial charge in [-0.3, -0.25) is 9.59 Å². The number of hydrogen-bond donors (Lipinski definition) is 0. The molecule has 7 heteroatoms. The molecule has 0 radical (unpaired) electrons. The van der Waals surface area contributed by atoms with Crippen LogP contribution in [0.25, 0.3) is 0 Å². The van der Waals surface area contributed by atoms with Crippen LogP contribution < -0.4 is 0 Å². The van der Waals surface area contributed by atoms with Crippen molar-refractivity contribution in [1.82, 2.24) is 0 Å². The van der Waals surface area contributed by atoms with E-state index in [4.69, 9.17) is 4.74 Å². The summed E-state index contributed by atoms with van der Waals surface area (Å²) in [5, 5.41) is 0. The number of esters is 1. The zero-order valence-electron chi connectivity index (χ0n) is 12.9. The molecule has 4 saturated carbocycles. The average Bonchev–Trinajstić information content (AvgIpc) is 2.42. The molecule has 0 spiro atoms. The minimum absolute atomic E-state index is 0.174. The molecule has 0 aliphatic heterocycles. The zero-order chi connectivity index (χ0) is 17.0. The number of halogens is 4. The van der Waals surface area contributed by atoms with Gasteiger partial charge in [0.1, 0.15) is 17.8 Å². The fraction of sp³-hybridized carbons (Fsp3) is 0.875. The highest BCUT2D eigenvalue weighted by atomic mass is 19.3. The van der Waals surface area contributed by atoms with Gasteiger partial charge >= 0.3 is 17.8 Å². The van der Waals surface area contributed by atoms with E-state index in [9.17, 15) is 27.2 Å². The van der Waals surface area contributed by atoms with Gasteiger partial charge in [0.05, 0.1) is 0 Å². The molecule has 3 nitrogen and oxygen atoms in total. The summed E-state index contributed by atoms with van der Waals surface area (Å²) in [6.07, 6.45) is 0.107. The maximum Gasteiger partial charge on any atom is 0.320 e. The molecule has 0 amide bonds. The molecule has 4 rings (SSSR count). The van der Waals surface area contributed by atoms with Crippen molar-refractivity contribution >= 4 is 11.8 Å². The van der Waals surface area contributed by atoms with Crippen molar-refractivity contribution in [2.24, 2.45) is 17.8 Å². The summed E-state index contributed by atoms with van der Waals surface area (Å²) in [7, 11) is 0. The van der Waals surface area contributed by atoms with Crippen LogP contribution in [0, 0.1) is 17.8 Å². The number of rotatable bonds is 5. The second kappa shape index (κ2) is 5.18. The number of hydrogen-bond acceptors (Lipinski definition) is 3. The van der Waals surface area contributed by atoms with Crippen LogP contribution in [-0.4, -0.2) is 29.2 Å². The van der Waals surface area contributed by atoms with Gasteiger partial charge in [0.2, 0.25) is 0 Å². The lowest BCUT2D eigenvalue weighted by Gasteiger charge is -2.54. The Balaban J connectivity index is 1.68. The van der Waals surface area contributed by atoms with Crippen molar-refractivity contribution in [3.05, 3.63) is 0 Å². The van der Waals surface area contributed by atoms with Gasteiger partial charge < -0.3 is 4.74 Å². The summed E-state index contributed by atoms with van der Waals surface area (Å²) in [6.45, 7) is 0.948. The molecule has 23 heavy (non-hydrogen) atoms. The van der Waals surface area contributed by atoms with Crippen LogP contribution in [0.15, 0.2) is 0 Å². The highest BCUT2D eigenvalue weighted by Gasteiger charge is 2.59. The fourth-order valence-corrected chi connectivity index (χ4v) is 4.65. The fourth-order valence-electron chi connectivity index (χ4n) is 4.65. The largest absolute Gasteiger partial charge is 0.459 e. The first kappa shape index (κ1) is 16.7. The van der Waals surface area contributed by atoms with Crippen LogP contribution in [0.5, 0.6) is 0 Å². The first-order chi connectivity index (χ1) is 10.6. The Morgan fingerprint density at radius 1 is 1.13 bits per heavy atom. The average molecular weight is 336 g/mol. The lowest BCUT2D eigenvalue weighted by Crippen LogP contribution is -2.57.